The van der Waals surface area contributed by atoms with Crippen molar-refractivity contribution in [1.82, 2.24) is 0 Å². The molecule has 1 aromatic rings. The Labute approximate surface area is 74.6 Å². The van der Waals surface area contributed by atoms with E-state index in [1.54, 1.807) is 0 Å². The van der Waals surface area contributed by atoms with Crippen molar-refractivity contribution in [3.8, 4) is 0 Å². The van der Waals surface area contributed by atoms with Crippen molar-refractivity contribution in [3.05, 3.63) is 34.9 Å². The van der Waals surface area contributed by atoms with Crippen molar-refractivity contribution in [1.29, 1.82) is 0 Å². The van der Waals surface area contributed by atoms with E-state index in [0.29, 0.717) is 0 Å². The smallest absolute Gasteiger partial charge is 0.00509 e. The predicted molar refractivity (Wildman–Crippen MR) is 53.3 cm³/mol. The minimum atomic E-state index is 0.257. The van der Waals surface area contributed by atoms with Gasteiger partial charge in [-0.25, -0.2) is 0 Å². The molecule has 1 heteroatoms. The van der Waals surface area contributed by atoms with E-state index >= 15 is 0 Å². The van der Waals surface area contributed by atoms with Crippen molar-refractivity contribution >= 4 is 0 Å². The molecule has 0 aliphatic heterocycles. The highest BCUT2D eigenvalue weighted by atomic mass is 14.6. The summed E-state index contributed by atoms with van der Waals surface area (Å²) < 4.78 is 0. The molecule has 0 saturated heterocycles. The van der Waals surface area contributed by atoms with Gasteiger partial charge in [0.1, 0.15) is 0 Å². The molecule has 0 unspecified atom stereocenters. The number of hydrogen-bond acceptors (Lipinski definition) is 1. The molecule has 0 amide bonds. The molecule has 0 aromatic heterocycles. The average molecular weight is 163 g/mol. The lowest BCUT2D eigenvalue weighted by Crippen LogP contribution is -2.17. The summed E-state index contributed by atoms with van der Waals surface area (Å²) in [7, 11) is 0. The zero-order valence-electron chi connectivity index (χ0n) is 8.09. The van der Waals surface area contributed by atoms with Gasteiger partial charge in [0, 0.05) is 6.04 Å². The van der Waals surface area contributed by atoms with Gasteiger partial charge in [0.2, 0.25) is 0 Å². The van der Waals surface area contributed by atoms with Crippen LogP contribution in [0.5, 0.6) is 0 Å². The molecule has 1 aromatic carbocycles. The second kappa shape index (κ2) is 3.72. The Morgan fingerprint density at radius 1 is 1.25 bits per heavy atom. The van der Waals surface area contributed by atoms with Gasteiger partial charge in [-0.1, -0.05) is 18.2 Å². The number of nitrogens with two attached hydrogens (primary N) is 1. The van der Waals surface area contributed by atoms with Crippen LogP contribution >= 0.6 is 0 Å². The van der Waals surface area contributed by atoms with E-state index in [2.05, 4.69) is 32.0 Å². The van der Waals surface area contributed by atoms with Crippen LogP contribution in [0.1, 0.15) is 23.6 Å². The molecule has 0 aliphatic rings. The zero-order chi connectivity index (χ0) is 9.14. The van der Waals surface area contributed by atoms with Gasteiger partial charge >= 0.3 is 0 Å². The maximum atomic E-state index is 5.71. The highest BCUT2D eigenvalue weighted by Crippen LogP contribution is 2.10. The zero-order valence-corrected chi connectivity index (χ0v) is 8.09. The van der Waals surface area contributed by atoms with Crippen molar-refractivity contribution < 1.29 is 0 Å². The minimum Gasteiger partial charge on any atom is -0.328 e. The third-order valence-corrected chi connectivity index (χ3v) is 2.13. The first-order chi connectivity index (χ1) is 5.59. The van der Waals surface area contributed by atoms with Crippen LogP contribution in [0.15, 0.2) is 18.2 Å². The fourth-order valence-corrected chi connectivity index (χ4v) is 1.30. The molecule has 1 nitrogen and oxygen atoms in total. The monoisotopic (exact) mass is 163 g/mol. The molecule has 0 saturated carbocycles. The Kier molecular flexibility index (Phi) is 2.88. The molecule has 0 aliphatic carbocycles. The van der Waals surface area contributed by atoms with Gasteiger partial charge in [-0.15, -0.1) is 0 Å². The Hall–Kier alpha value is -0.820. The molecule has 0 radical (unpaired) electrons. The Morgan fingerprint density at radius 3 is 2.42 bits per heavy atom. The van der Waals surface area contributed by atoms with Crippen LogP contribution in [0.4, 0.5) is 0 Å². The lowest BCUT2D eigenvalue weighted by molar-refractivity contribution is 0.737. The molecule has 1 atom stereocenters. The van der Waals surface area contributed by atoms with Crippen LogP contribution in [0, 0.1) is 13.8 Å². The largest absolute Gasteiger partial charge is 0.328 e. The van der Waals surface area contributed by atoms with Gasteiger partial charge in [0.15, 0.2) is 0 Å². The normalized spacial score (nSPS) is 13.0. The van der Waals surface area contributed by atoms with Gasteiger partial charge in [-0.2, -0.15) is 0 Å². The van der Waals surface area contributed by atoms with Crippen LogP contribution < -0.4 is 5.73 Å². The van der Waals surface area contributed by atoms with E-state index in [4.69, 9.17) is 5.73 Å². The molecular weight excluding hydrogens is 146 g/mol. The second-order valence-electron chi connectivity index (χ2n) is 3.60. The number of benzene rings is 1. The molecule has 0 spiro atoms. The molecule has 0 bridgehead atoms. The van der Waals surface area contributed by atoms with Gasteiger partial charge in [0.05, 0.1) is 0 Å². The Morgan fingerprint density at radius 2 is 1.92 bits per heavy atom. The molecule has 0 heterocycles. The van der Waals surface area contributed by atoms with E-state index in [-0.39, 0.29) is 6.04 Å². The predicted octanol–water partition coefficient (Wildman–Crippen LogP) is 2.19. The fourth-order valence-electron chi connectivity index (χ4n) is 1.30. The standard InChI is InChI=1S/C11H17N/c1-8-4-5-11(6-9(8)2)7-10(3)12/h4-6,10H,7,12H2,1-3H3/t10-/m1/s1. The van der Waals surface area contributed by atoms with E-state index in [0.717, 1.165) is 6.42 Å². The summed E-state index contributed by atoms with van der Waals surface area (Å²) in [4.78, 5) is 0. The molecule has 66 valence electrons. The lowest BCUT2D eigenvalue weighted by Gasteiger charge is -2.07. The average Bonchev–Trinajstić information content (AvgIpc) is 1.96. The number of rotatable bonds is 2. The van der Waals surface area contributed by atoms with Crippen LogP contribution in [-0.2, 0) is 6.42 Å². The van der Waals surface area contributed by atoms with E-state index in [9.17, 15) is 0 Å². The van der Waals surface area contributed by atoms with Crippen LogP contribution in [0.2, 0.25) is 0 Å². The summed E-state index contributed by atoms with van der Waals surface area (Å²) in [6, 6.07) is 6.80. The number of aryl methyl sites for hydroxylation is 2. The molecule has 1 rings (SSSR count). The van der Waals surface area contributed by atoms with E-state index < -0.39 is 0 Å². The summed E-state index contributed by atoms with van der Waals surface area (Å²) in [5, 5.41) is 0. The SMILES string of the molecule is Cc1ccc(C[C@@H](C)N)cc1C. The molecule has 12 heavy (non-hydrogen) atoms. The third-order valence-electron chi connectivity index (χ3n) is 2.13. The van der Waals surface area contributed by atoms with Gasteiger partial charge < -0.3 is 5.73 Å². The molecule has 2 N–H and O–H groups in total. The first-order valence-electron chi connectivity index (χ1n) is 4.41. The summed E-state index contributed by atoms with van der Waals surface area (Å²) in [5.74, 6) is 0. The van der Waals surface area contributed by atoms with E-state index in [1.807, 2.05) is 6.92 Å². The molecular formula is C11H17N. The highest BCUT2D eigenvalue weighted by Gasteiger charge is 1.98. The van der Waals surface area contributed by atoms with Crippen molar-refractivity contribution in [3.63, 3.8) is 0 Å². The van der Waals surface area contributed by atoms with E-state index in [1.165, 1.54) is 16.7 Å². The fraction of sp³-hybridized carbons (Fsp3) is 0.455. The van der Waals surface area contributed by atoms with Crippen molar-refractivity contribution in [2.45, 2.75) is 33.2 Å². The number of hydrogen-bond donors (Lipinski definition) is 1. The van der Waals surface area contributed by atoms with Crippen molar-refractivity contribution in [2.75, 3.05) is 0 Å². The Balaban J connectivity index is 2.82. The summed E-state index contributed by atoms with van der Waals surface area (Å²) in [5.41, 5.74) is 9.76. The van der Waals surface area contributed by atoms with Crippen molar-refractivity contribution in [2.24, 2.45) is 5.73 Å². The summed E-state index contributed by atoms with van der Waals surface area (Å²) in [6.45, 7) is 6.31. The Bertz CT molecular complexity index is 264. The maximum Gasteiger partial charge on any atom is 0.00509 e. The highest BCUT2D eigenvalue weighted by molar-refractivity contribution is 5.30. The van der Waals surface area contributed by atoms with Gasteiger partial charge in [-0.3, -0.25) is 0 Å². The quantitative estimate of drug-likeness (QED) is 0.710. The maximum absolute atomic E-state index is 5.71. The first-order valence-corrected chi connectivity index (χ1v) is 4.41. The first kappa shape index (κ1) is 9.27. The summed E-state index contributed by atoms with van der Waals surface area (Å²) >= 11 is 0. The van der Waals surface area contributed by atoms with Crippen LogP contribution in [-0.4, -0.2) is 6.04 Å². The van der Waals surface area contributed by atoms with Crippen LogP contribution in [0.3, 0.4) is 0 Å². The molecule has 0 fully saturated rings. The third kappa shape index (κ3) is 2.35. The second-order valence-corrected chi connectivity index (χ2v) is 3.60. The minimum absolute atomic E-state index is 0.257. The topological polar surface area (TPSA) is 26.0 Å². The van der Waals surface area contributed by atoms with Crippen LogP contribution in [0.25, 0.3) is 0 Å². The van der Waals surface area contributed by atoms with Gasteiger partial charge in [-0.05, 0) is 43.9 Å². The van der Waals surface area contributed by atoms with Gasteiger partial charge in [0.25, 0.3) is 0 Å². The summed E-state index contributed by atoms with van der Waals surface area (Å²) in [6.07, 6.45) is 0.973. The lowest BCUT2D eigenvalue weighted by atomic mass is 10.0.